The molecule has 0 aliphatic heterocycles. The number of H-pyrrole nitrogens is 1. The normalized spacial score (nSPS) is 11.2. The van der Waals surface area contributed by atoms with Gasteiger partial charge in [0.05, 0.1) is 6.26 Å². The van der Waals surface area contributed by atoms with Gasteiger partial charge in [0.1, 0.15) is 0 Å². The third-order valence-corrected chi connectivity index (χ3v) is 4.92. The third-order valence-electron chi connectivity index (χ3n) is 4.92. The molecule has 3 rings (SSSR count). The molecule has 0 atom stereocenters. The minimum absolute atomic E-state index is 0. The summed E-state index contributed by atoms with van der Waals surface area (Å²) in [5.74, 6) is 0.961. The number of aromatic amines is 1. The zero-order chi connectivity index (χ0) is 20.6. The summed E-state index contributed by atoms with van der Waals surface area (Å²) in [7, 11) is 1.76. The van der Waals surface area contributed by atoms with Crippen LogP contribution in [-0.2, 0) is 6.42 Å². The van der Waals surface area contributed by atoms with Crippen molar-refractivity contribution in [3.63, 3.8) is 0 Å². The molecule has 30 heavy (non-hydrogen) atoms. The van der Waals surface area contributed by atoms with Gasteiger partial charge in [0.15, 0.2) is 11.7 Å². The highest BCUT2D eigenvalue weighted by molar-refractivity contribution is 14.0. The number of nitrogens with one attached hydrogen (secondary N) is 4. The SMILES string of the molecule is CN=C(NCCCNC(=O)c1occc1C)NCCc1c(C)[nH]c2ccccc12.I. The van der Waals surface area contributed by atoms with Crippen molar-refractivity contribution in [1.82, 2.24) is 20.9 Å². The fourth-order valence-corrected chi connectivity index (χ4v) is 3.37. The molecule has 8 heteroatoms. The van der Waals surface area contributed by atoms with Crippen molar-refractivity contribution in [3.05, 3.63) is 59.2 Å². The van der Waals surface area contributed by atoms with Crippen molar-refractivity contribution in [2.75, 3.05) is 26.7 Å². The molecule has 0 aliphatic rings. The number of halogens is 1. The molecule has 3 aromatic rings. The molecule has 0 radical (unpaired) electrons. The van der Waals surface area contributed by atoms with E-state index in [-0.39, 0.29) is 29.9 Å². The first-order chi connectivity index (χ1) is 14.1. The van der Waals surface area contributed by atoms with Gasteiger partial charge in [-0.3, -0.25) is 9.79 Å². The molecule has 0 aliphatic carbocycles. The zero-order valence-electron chi connectivity index (χ0n) is 17.7. The Kier molecular flexibility index (Phi) is 9.22. The van der Waals surface area contributed by atoms with E-state index in [1.807, 2.05) is 13.0 Å². The summed E-state index contributed by atoms with van der Waals surface area (Å²) in [6, 6.07) is 10.2. The van der Waals surface area contributed by atoms with Crippen LogP contribution in [0.5, 0.6) is 0 Å². The fourth-order valence-electron chi connectivity index (χ4n) is 3.37. The highest BCUT2D eigenvalue weighted by Crippen LogP contribution is 2.21. The predicted octanol–water partition coefficient (Wildman–Crippen LogP) is 3.52. The maximum atomic E-state index is 12.0. The van der Waals surface area contributed by atoms with Crippen molar-refractivity contribution in [1.29, 1.82) is 0 Å². The van der Waals surface area contributed by atoms with Gasteiger partial charge in [-0.1, -0.05) is 18.2 Å². The molecule has 1 amide bonds. The lowest BCUT2D eigenvalue weighted by atomic mass is 10.1. The Labute approximate surface area is 194 Å². The summed E-state index contributed by atoms with van der Waals surface area (Å²) in [5.41, 5.74) is 4.56. The molecule has 0 saturated carbocycles. The second-order valence-corrected chi connectivity index (χ2v) is 6.99. The number of nitrogens with zero attached hydrogens (tertiary/aromatic N) is 1. The number of fused-ring (bicyclic) bond motifs is 1. The molecular formula is C22H30IN5O2. The number of aliphatic imine (C=N–C) groups is 1. The van der Waals surface area contributed by atoms with Gasteiger partial charge in [-0.15, -0.1) is 24.0 Å². The number of rotatable bonds is 8. The van der Waals surface area contributed by atoms with Gasteiger partial charge in [0.25, 0.3) is 5.91 Å². The number of aryl methyl sites for hydroxylation is 2. The van der Waals surface area contributed by atoms with E-state index < -0.39 is 0 Å². The lowest BCUT2D eigenvalue weighted by molar-refractivity contribution is 0.0925. The van der Waals surface area contributed by atoms with E-state index in [2.05, 4.69) is 51.0 Å². The molecule has 1 aromatic carbocycles. The van der Waals surface area contributed by atoms with Crippen LogP contribution >= 0.6 is 24.0 Å². The van der Waals surface area contributed by atoms with Gasteiger partial charge in [0, 0.05) is 48.8 Å². The van der Waals surface area contributed by atoms with Gasteiger partial charge >= 0.3 is 0 Å². The number of hydrogen-bond donors (Lipinski definition) is 4. The predicted molar refractivity (Wildman–Crippen MR) is 132 cm³/mol. The quantitative estimate of drug-likeness (QED) is 0.157. The Morgan fingerprint density at radius 2 is 1.80 bits per heavy atom. The van der Waals surface area contributed by atoms with E-state index in [0.717, 1.165) is 30.9 Å². The van der Waals surface area contributed by atoms with Crippen molar-refractivity contribution in [2.24, 2.45) is 4.99 Å². The first-order valence-electron chi connectivity index (χ1n) is 9.93. The van der Waals surface area contributed by atoms with Crippen LogP contribution in [0.4, 0.5) is 0 Å². The lowest BCUT2D eigenvalue weighted by Crippen LogP contribution is -2.39. The van der Waals surface area contributed by atoms with Crippen LogP contribution < -0.4 is 16.0 Å². The number of hydrogen-bond acceptors (Lipinski definition) is 3. The van der Waals surface area contributed by atoms with Gasteiger partial charge in [-0.05, 0) is 44.4 Å². The largest absolute Gasteiger partial charge is 0.459 e. The monoisotopic (exact) mass is 523 g/mol. The Bertz CT molecular complexity index is 992. The molecular weight excluding hydrogens is 493 g/mol. The molecule has 0 bridgehead atoms. The zero-order valence-corrected chi connectivity index (χ0v) is 20.0. The molecule has 0 spiro atoms. The third kappa shape index (κ3) is 6.01. The maximum Gasteiger partial charge on any atom is 0.287 e. The van der Waals surface area contributed by atoms with Gasteiger partial charge in [-0.25, -0.2) is 0 Å². The van der Waals surface area contributed by atoms with E-state index in [4.69, 9.17) is 4.42 Å². The van der Waals surface area contributed by atoms with Gasteiger partial charge in [0.2, 0.25) is 0 Å². The van der Waals surface area contributed by atoms with Crippen LogP contribution in [0.15, 0.2) is 46.0 Å². The lowest BCUT2D eigenvalue weighted by Gasteiger charge is -2.12. The molecule has 0 fully saturated rings. The van der Waals surface area contributed by atoms with Crippen LogP contribution in [0.2, 0.25) is 0 Å². The van der Waals surface area contributed by atoms with E-state index in [9.17, 15) is 4.79 Å². The summed E-state index contributed by atoms with van der Waals surface area (Å²) >= 11 is 0. The smallest absolute Gasteiger partial charge is 0.287 e. The minimum atomic E-state index is -0.177. The second kappa shape index (κ2) is 11.6. The van der Waals surface area contributed by atoms with Crippen LogP contribution in [0.1, 0.15) is 33.8 Å². The highest BCUT2D eigenvalue weighted by atomic mass is 127. The molecule has 4 N–H and O–H groups in total. The summed E-state index contributed by atoms with van der Waals surface area (Å²) in [5, 5.41) is 10.8. The number of furan rings is 1. The maximum absolute atomic E-state index is 12.0. The van der Waals surface area contributed by atoms with E-state index in [1.165, 1.54) is 28.4 Å². The number of aromatic nitrogens is 1. The van der Waals surface area contributed by atoms with Crippen LogP contribution in [0.3, 0.4) is 0 Å². The Morgan fingerprint density at radius 3 is 2.53 bits per heavy atom. The van der Waals surface area contributed by atoms with Crippen molar-refractivity contribution in [3.8, 4) is 0 Å². The summed E-state index contributed by atoms with van der Waals surface area (Å²) in [6.45, 7) is 6.03. The number of benzene rings is 1. The standard InChI is InChI=1S/C22H29N5O2.HI/c1-15-10-14-29-20(15)21(28)24-11-6-12-25-22(23-3)26-13-9-17-16(2)27-19-8-5-4-7-18(17)19;/h4-5,7-8,10,14,27H,6,9,11-13H2,1-3H3,(H,24,28)(H2,23,25,26);1H. The second-order valence-electron chi connectivity index (χ2n) is 6.99. The molecule has 0 unspecified atom stereocenters. The Morgan fingerprint density at radius 1 is 1.07 bits per heavy atom. The Hall–Kier alpha value is -2.49. The minimum Gasteiger partial charge on any atom is -0.459 e. The van der Waals surface area contributed by atoms with Crippen molar-refractivity contribution < 1.29 is 9.21 Å². The first-order valence-corrected chi connectivity index (χ1v) is 9.93. The first kappa shape index (κ1) is 23.8. The van der Waals surface area contributed by atoms with E-state index in [1.54, 1.807) is 13.1 Å². The van der Waals surface area contributed by atoms with Crippen molar-refractivity contribution >= 4 is 46.7 Å². The molecule has 162 valence electrons. The molecule has 2 aromatic heterocycles. The number of carbonyl (C=O) groups excluding carboxylic acids is 1. The topological polar surface area (TPSA) is 94.4 Å². The Balaban J connectivity index is 0.00000320. The van der Waals surface area contributed by atoms with Gasteiger partial charge in [-0.2, -0.15) is 0 Å². The van der Waals surface area contributed by atoms with E-state index in [0.29, 0.717) is 18.8 Å². The summed E-state index contributed by atoms with van der Waals surface area (Å²) in [4.78, 5) is 19.7. The highest BCUT2D eigenvalue weighted by Gasteiger charge is 2.11. The summed E-state index contributed by atoms with van der Waals surface area (Å²) in [6.07, 6.45) is 3.22. The van der Waals surface area contributed by atoms with Crippen LogP contribution in [0, 0.1) is 13.8 Å². The number of carbonyl (C=O) groups is 1. The van der Waals surface area contributed by atoms with Gasteiger partial charge < -0.3 is 25.4 Å². The average molecular weight is 523 g/mol. The van der Waals surface area contributed by atoms with Crippen LogP contribution in [-0.4, -0.2) is 43.5 Å². The average Bonchev–Trinajstić information content (AvgIpc) is 3.29. The molecule has 0 saturated heterocycles. The molecule has 2 heterocycles. The van der Waals surface area contributed by atoms with Crippen molar-refractivity contribution in [2.45, 2.75) is 26.7 Å². The fraction of sp³-hybridized carbons (Fsp3) is 0.364. The molecule has 7 nitrogen and oxygen atoms in total. The summed E-state index contributed by atoms with van der Waals surface area (Å²) < 4.78 is 5.19. The van der Waals surface area contributed by atoms with E-state index >= 15 is 0 Å². The number of amides is 1. The van der Waals surface area contributed by atoms with Crippen LogP contribution in [0.25, 0.3) is 10.9 Å². The number of guanidine groups is 1. The number of para-hydroxylation sites is 1.